The quantitative estimate of drug-likeness (QED) is 0.518. The summed E-state index contributed by atoms with van der Waals surface area (Å²) < 4.78 is 11.6. The Bertz CT molecular complexity index is 905. The molecule has 0 unspecified atom stereocenters. The first kappa shape index (κ1) is 20.5. The van der Waals surface area contributed by atoms with E-state index < -0.39 is 0 Å². The Morgan fingerprint density at radius 2 is 1.55 bits per heavy atom. The maximum atomic E-state index is 12.7. The maximum absolute atomic E-state index is 12.7. The van der Waals surface area contributed by atoms with Crippen molar-refractivity contribution in [3.63, 3.8) is 0 Å². The van der Waals surface area contributed by atoms with Crippen LogP contribution in [0.25, 0.3) is 0 Å². The minimum atomic E-state index is -0.192. The van der Waals surface area contributed by atoms with Crippen LogP contribution < -0.4 is 14.8 Å². The first-order chi connectivity index (χ1) is 14.1. The first-order valence-electron chi connectivity index (χ1n) is 9.92. The van der Waals surface area contributed by atoms with Crippen LogP contribution in [0.1, 0.15) is 29.8 Å². The number of carbonyl (C=O) groups is 1. The highest BCUT2D eigenvalue weighted by Crippen LogP contribution is 2.22. The number of hydrogen-bond donors (Lipinski definition) is 1. The van der Waals surface area contributed by atoms with Gasteiger partial charge in [0.15, 0.2) is 0 Å². The van der Waals surface area contributed by atoms with E-state index in [1.165, 1.54) is 5.56 Å². The zero-order valence-electron chi connectivity index (χ0n) is 16.9. The van der Waals surface area contributed by atoms with Crippen LogP contribution in [-0.4, -0.2) is 19.1 Å². The van der Waals surface area contributed by atoms with Gasteiger partial charge in [-0.1, -0.05) is 56.3 Å². The van der Waals surface area contributed by atoms with Crippen LogP contribution in [-0.2, 0) is 6.42 Å². The summed E-state index contributed by atoms with van der Waals surface area (Å²) in [5.74, 6) is 1.57. The molecule has 0 bridgehead atoms. The van der Waals surface area contributed by atoms with Crippen LogP contribution in [0.4, 0.5) is 5.69 Å². The minimum absolute atomic E-state index is 0.192. The smallest absolute Gasteiger partial charge is 0.259 e. The fraction of sp³-hybridized carbons (Fsp3) is 0.240. The van der Waals surface area contributed by atoms with Crippen molar-refractivity contribution < 1.29 is 14.3 Å². The third kappa shape index (κ3) is 6.39. The van der Waals surface area contributed by atoms with Crippen LogP contribution in [0.2, 0.25) is 0 Å². The number of rotatable bonds is 9. The van der Waals surface area contributed by atoms with Crippen molar-refractivity contribution in [2.24, 2.45) is 5.92 Å². The van der Waals surface area contributed by atoms with Crippen molar-refractivity contribution in [1.29, 1.82) is 0 Å². The predicted octanol–water partition coefficient (Wildman–Crippen LogP) is 5.60. The number of benzene rings is 3. The molecule has 4 nitrogen and oxygen atoms in total. The van der Waals surface area contributed by atoms with E-state index in [0.29, 0.717) is 36.1 Å². The van der Waals surface area contributed by atoms with E-state index >= 15 is 0 Å². The number of hydrogen-bond acceptors (Lipinski definition) is 3. The molecule has 3 aromatic rings. The van der Waals surface area contributed by atoms with Crippen molar-refractivity contribution in [2.75, 3.05) is 18.5 Å². The fourth-order valence-electron chi connectivity index (χ4n) is 2.80. The monoisotopic (exact) mass is 389 g/mol. The summed E-state index contributed by atoms with van der Waals surface area (Å²) in [5.41, 5.74) is 2.48. The molecule has 0 aliphatic carbocycles. The fourth-order valence-corrected chi connectivity index (χ4v) is 2.80. The van der Waals surface area contributed by atoms with E-state index in [9.17, 15) is 4.79 Å². The van der Waals surface area contributed by atoms with Gasteiger partial charge in [-0.15, -0.1) is 0 Å². The number of ether oxygens (including phenoxy) is 2. The summed E-state index contributed by atoms with van der Waals surface area (Å²) >= 11 is 0. The predicted molar refractivity (Wildman–Crippen MR) is 117 cm³/mol. The lowest BCUT2D eigenvalue weighted by molar-refractivity contribution is 0.102. The van der Waals surface area contributed by atoms with Gasteiger partial charge in [0.1, 0.15) is 11.5 Å². The zero-order chi connectivity index (χ0) is 20.5. The Morgan fingerprint density at radius 1 is 0.862 bits per heavy atom. The number of carbonyl (C=O) groups excluding carboxylic acids is 1. The molecule has 0 aliphatic heterocycles. The zero-order valence-corrected chi connectivity index (χ0v) is 16.9. The van der Waals surface area contributed by atoms with Crippen molar-refractivity contribution in [3.8, 4) is 11.5 Å². The van der Waals surface area contributed by atoms with Gasteiger partial charge in [0, 0.05) is 12.1 Å². The average molecular weight is 389 g/mol. The Morgan fingerprint density at radius 3 is 2.28 bits per heavy atom. The lowest BCUT2D eigenvalue weighted by Crippen LogP contribution is -2.15. The normalized spacial score (nSPS) is 10.6. The molecule has 29 heavy (non-hydrogen) atoms. The molecule has 3 rings (SSSR count). The molecule has 0 saturated carbocycles. The van der Waals surface area contributed by atoms with E-state index in [1.807, 2.05) is 60.7 Å². The van der Waals surface area contributed by atoms with Crippen molar-refractivity contribution in [2.45, 2.75) is 20.3 Å². The molecular formula is C25H27NO3. The molecule has 0 aromatic heterocycles. The Balaban J connectivity index is 1.55. The lowest BCUT2D eigenvalue weighted by atomic mass is 10.1. The standard InChI is InChI=1S/C25H27NO3/c1-19(2)18-29-24-11-7-6-10-23(24)25(27)26-21-12-14-22(15-13-21)28-17-16-20-8-4-3-5-9-20/h3-15,19H,16-18H2,1-2H3,(H,26,27). The Labute approximate surface area is 172 Å². The number of amides is 1. The summed E-state index contributed by atoms with van der Waals surface area (Å²) in [5, 5.41) is 2.92. The van der Waals surface area contributed by atoms with Crippen molar-refractivity contribution >= 4 is 11.6 Å². The molecule has 0 fully saturated rings. The summed E-state index contributed by atoms with van der Waals surface area (Å²) in [4.78, 5) is 12.7. The van der Waals surface area contributed by atoms with Gasteiger partial charge in [0.05, 0.1) is 18.8 Å². The van der Waals surface area contributed by atoms with Crippen molar-refractivity contribution in [3.05, 3.63) is 90.0 Å². The molecule has 1 amide bonds. The topological polar surface area (TPSA) is 47.6 Å². The number of anilines is 1. The molecule has 0 radical (unpaired) electrons. The average Bonchev–Trinajstić information content (AvgIpc) is 2.74. The summed E-state index contributed by atoms with van der Waals surface area (Å²) in [6.45, 7) is 5.33. The Kier molecular flexibility index (Phi) is 7.28. The van der Waals surface area contributed by atoms with Gasteiger partial charge in [-0.05, 0) is 47.9 Å². The molecule has 1 N–H and O–H groups in total. The summed E-state index contributed by atoms with van der Waals surface area (Å²) in [6.07, 6.45) is 0.854. The molecular weight excluding hydrogens is 362 g/mol. The van der Waals surface area contributed by atoms with Gasteiger partial charge >= 0.3 is 0 Å². The molecule has 0 atom stereocenters. The number of para-hydroxylation sites is 1. The minimum Gasteiger partial charge on any atom is -0.493 e. The maximum Gasteiger partial charge on any atom is 0.259 e. The first-order valence-corrected chi connectivity index (χ1v) is 9.92. The summed E-state index contributed by atoms with van der Waals surface area (Å²) in [7, 11) is 0. The lowest BCUT2D eigenvalue weighted by Gasteiger charge is -2.13. The second kappa shape index (κ2) is 10.3. The highest BCUT2D eigenvalue weighted by Gasteiger charge is 2.13. The third-order valence-electron chi connectivity index (χ3n) is 4.32. The molecule has 0 heterocycles. The van der Waals surface area contributed by atoms with Crippen LogP contribution in [0.15, 0.2) is 78.9 Å². The highest BCUT2D eigenvalue weighted by atomic mass is 16.5. The molecule has 0 spiro atoms. The van der Waals surface area contributed by atoms with Gasteiger partial charge in [-0.3, -0.25) is 4.79 Å². The van der Waals surface area contributed by atoms with Crippen LogP contribution in [0, 0.1) is 5.92 Å². The number of nitrogens with one attached hydrogen (secondary N) is 1. The van der Waals surface area contributed by atoms with Crippen LogP contribution in [0.3, 0.4) is 0 Å². The highest BCUT2D eigenvalue weighted by molar-refractivity contribution is 6.06. The van der Waals surface area contributed by atoms with E-state index in [4.69, 9.17) is 9.47 Å². The van der Waals surface area contributed by atoms with Gasteiger partial charge in [0.2, 0.25) is 0 Å². The van der Waals surface area contributed by atoms with E-state index in [2.05, 4.69) is 31.3 Å². The molecule has 0 aliphatic rings. The van der Waals surface area contributed by atoms with Gasteiger partial charge in [-0.2, -0.15) is 0 Å². The van der Waals surface area contributed by atoms with Gasteiger partial charge in [0.25, 0.3) is 5.91 Å². The second-order valence-electron chi connectivity index (χ2n) is 7.26. The molecule has 4 heteroatoms. The van der Waals surface area contributed by atoms with Gasteiger partial charge < -0.3 is 14.8 Å². The third-order valence-corrected chi connectivity index (χ3v) is 4.32. The molecule has 0 saturated heterocycles. The summed E-state index contributed by atoms with van der Waals surface area (Å²) in [6, 6.07) is 24.9. The Hall–Kier alpha value is -3.27. The SMILES string of the molecule is CC(C)COc1ccccc1C(=O)Nc1ccc(OCCc2ccccc2)cc1. The molecule has 150 valence electrons. The van der Waals surface area contributed by atoms with Gasteiger partial charge in [-0.25, -0.2) is 0 Å². The van der Waals surface area contributed by atoms with E-state index in [-0.39, 0.29) is 5.91 Å². The second-order valence-corrected chi connectivity index (χ2v) is 7.26. The largest absolute Gasteiger partial charge is 0.493 e. The van der Waals surface area contributed by atoms with Crippen molar-refractivity contribution in [1.82, 2.24) is 0 Å². The van der Waals surface area contributed by atoms with E-state index in [1.54, 1.807) is 6.07 Å². The van der Waals surface area contributed by atoms with E-state index in [0.717, 1.165) is 12.2 Å². The van der Waals surface area contributed by atoms with Crippen LogP contribution in [0.5, 0.6) is 11.5 Å². The molecule has 3 aromatic carbocycles. The van der Waals surface area contributed by atoms with Crippen LogP contribution >= 0.6 is 0 Å².